The van der Waals surface area contributed by atoms with Gasteiger partial charge in [0.15, 0.2) is 0 Å². The summed E-state index contributed by atoms with van der Waals surface area (Å²) in [6.45, 7) is 4.45. The molecule has 0 aliphatic carbocycles. The normalized spacial score (nSPS) is 14.9. The average molecular weight is 300 g/mol. The summed E-state index contributed by atoms with van der Waals surface area (Å²) in [4.78, 5) is 15.6. The molecule has 3 rings (SSSR count). The van der Waals surface area contributed by atoms with E-state index in [4.69, 9.17) is 4.52 Å². The van der Waals surface area contributed by atoms with Gasteiger partial charge in [0.05, 0.1) is 12.4 Å². The summed E-state index contributed by atoms with van der Waals surface area (Å²) in [6, 6.07) is 11.4. The first-order chi connectivity index (χ1) is 10.1. The average Bonchev–Trinajstić information content (AvgIpc) is 3.11. The van der Waals surface area contributed by atoms with E-state index in [-0.39, 0.29) is 5.78 Å². The molecule has 5 heteroatoms. The molecule has 0 saturated carbocycles. The van der Waals surface area contributed by atoms with Gasteiger partial charge in [0.2, 0.25) is 11.5 Å². The molecule has 2 aromatic rings. The smallest absolute Gasteiger partial charge is 0.220 e. The van der Waals surface area contributed by atoms with Gasteiger partial charge in [-0.05, 0) is 13.8 Å². The molecule has 1 aromatic heterocycles. The fourth-order valence-electron chi connectivity index (χ4n) is 2.17. The molecule has 108 valence electrons. The predicted octanol–water partition coefficient (Wildman–Crippen LogP) is 3.78. The molecule has 0 N–H and O–H groups in total. The predicted molar refractivity (Wildman–Crippen MR) is 83.8 cm³/mol. The van der Waals surface area contributed by atoms with Crippen molar-refractivity contribution >= 4 is 17.5 Å². The van der Waals surface area contributed by atoms with E-state index in [1.54, 1.807) is 17.8 Å². The van der Waals surface area contributed by atoms with Crippen molar-refractivity contribution in [3.05, 3.63) is 52.8 Å². The van der Waals surface area contributed by atoms with Gasteiger partial charge >= 0.3 is 0 Å². The molecule has 0 atom stereocenters. The van der Waals surface area contributed by atoms with Crippen molar-refractivity contribution in [1.82, 2.24) is 10.1 Å². The Bertz CT molecular complexity index is 691. The van der Waals surface area contributed by atoms with E-state index in [2.05, 4.69) is 17.0 Å². The van der Waals surface area contributed by atoms with Gasteiger partial charge in [-0.3, -0.25) is 4.79 Å². The van der Waals surface area contributed by atoms with Crippen LogP contribution in [0.1, 0.15) is 24.4 Å². The first-order valence-electron chi connectivity index (χ1n) is 6.75. The minimum absolute atomic E-state index is 0.0423. The molecule has 2 heterocycles. The molecular formula is C16H16N2O2S. The zero-order valence-corrected chi connectivity index (χ0v) is 12.8. The summed E-state index contributed by atoms with van der Waals surface area (Å²) < 4.78 is 5.20. The molecule has 0 bridgehead atoms. The van der Waals surface area contributed by atoms with Crippen molar-refractivity contribution in [3.8, 4) is 11.3 Å². The van der Waals surface area contributed by atoms with Gasteiger partial charge in [0, 0.05) is 22.2 Å². The van der Waals surface area contributed by atoms with E-state index < -0.39 is 0 Å². The highest BCUT2D eigenvalue weighted by atomic mass is 32.2. The lowest BCUT2D eigenvalue weighted by Gasteiger charge is -2.16. The Morgan fingerprint density at radius 2 is 2.10 bits per heavy atom. The number of aromatic nitrogens is 1. The van der Waals surface area contributed by atoms with Crippen LogP contribution in [-0.2, 0) is 0 Å². The van der Waals surface area contributed by atoms with Crippen LogP contribution in [0.15, 0.2) is 51.5 Å². The molecule has 0 fully saturated rings. The van der Waals surface area contributed by atoms with Crippen LogP contribution in [0, 0.1) is 0 Å². The molecule has 1 aliphatic rings. The van der Waals surface area contributed by atoms with Crippen LogP contribution in [0.3, 0.4) is 0 Å². The Labute approximate surface area is 127 Å². The summed E-state index contributed by atoms with van der Waals surface area (Å²) in [5.41, 5.74) is 2.80. The molecule has 1 aliphatic heterocycles. The lowest BCUT2D eigenvalue weighted by Crippen LogP contribution is -2.25. The van der Waals surface area contributed by atoms with Crippen molar-refractivity contribution in [2.75, 3.05) is 12.4 Å². The van der Waals surface area contributed by atoms with Gasteiger partial charge in [0.25, 0.3) is 0 Å². The summed E-state index contributed by atoms with van der Waals surface area (Å²) in [5.74, 6) is 1.10. The number of ketones is 1. The zero-order chi connectivity index (χ0) is 14.8. The number of carbonyl (C=O) groups is 1. The Kier molecular flexibility index (Phi) is 3.84. The van der Waals surface area contributed by atoms with E-state index >= 15 is 0 Å². The Hall–Kier alpha value is -2.01. The number of carbonyl (C=O) groups excluding carboxylic acids is 1. The van der Waals surface area contributed by atoms with Crippen LogP contribution < -0.4 is 0 Å². The first-order valence-corrected chi connectivity index (χ1v) is 7.74. The minimum Gasteiger partial charge on any atom is -0.357 e. The monoisotopic (exact) mass is 300 g/mol. The van der Waals surface area contributed by atoms with Crippen LogP contribution in [0.2, 0.25) is 0 Å². The fraction of sp³-hybridized carbons (Fsp3) is 0.250. The maximum absolute atomic E-state index is 12.3. The molecule has 0 amide bonds. The number of nitrogens with zero attached hydrogens (tertiary/aromatic N) is 2. The fourth-order valence-corrected chi connectivity index (χ4v) is 3.14. The van der Waals surface area contributed by atoms with Gasteiger partial charge in [-0.2, -0.15) is 0 Å². The quantitative estimate of drug-likeness (QED) is 0.804. The standard InChI is InChI=1S/C16H16N2O2S/c1-11-12(2)21-10-18(11)9-15(19)16-8-14(17-20-16)13-6-4-3-5-7-13/h3-8H,9-10H2,1-2H3. The van der Waals surface area contributed by atoms with E-state index in [0.717, 1.165) is 17.1 Å². The molecule has 0 saturated heterocycles. The maximum atomic E-state index is 12.3. The summed E-state index contributed by atoms with van der Waals surface area (Å²) >= 11 is 1.76. The van der Waals surface area contributed by atoms with Crippen LogP contribution in [0.4, 0.5) is 0 Å². The van der Waals surface area contributed by atoms with Gasteiger partial charge in [-0.25, -0.2) is 0 Å². The van der Waals surface area contributed by atoms with E-state index in [0.29, 0.717) is 18.0 Å². The Balaban J connectivity index is 1.73. The molecule has 0 unspecified atom stereocenters. The topological polar surface area (TPSA) is 46.3 Å². The van der Waals surface area contributed by atoms with Crippen molar-refractivity contribution in [2.45, 2.75) is 13.8 Å². The van der Waals surface area contributed by atoms with Crippen molar-refractivity contribution in [2.24, 2.45) is 0 Å². The largest absolute Gasteiger partial charge is 0.357 e. The number of rotatable bonds is 4. The highest BCUT2D eigenvalue weighted by molar-refractivity contribution is 8.03. The number of thioether (sulfide) groups is 1. The van der Waals surface area contributed by atoms with Crippen LogP contribution >= 0.6 is 11.8 Å². The first kappa shape index (κ1) is 13.9. The highest BCUT2D eigenvalue weighted by Gasteiger charge is 2.22. The van der Waals surface area contributed by atoms with Gasteiger partial charge < -0.3 is 9.42 Å². The summed E-state index contributed by atoms with van der Waals surface area (Å²) in [7, 11) is 0. The van der Waals surface area contributed by atoms with E-state index in [1.807, 2.05) is 37.3 Å². The highest BCUT2D eigenvalue weighted by Crippen LogP contribution is 2.31. The Morgan fingerprint density at radius 1 is 1.33 bits per heavy atom. The second-order valence-corrected chi connectivity index (χ2v) is 6.14. The third kappa shape index (κ3) is 2.88. The summed E-state index contributed by atoms with van der Waals surface area (Å²) in [5, 5.41) is 3.98. The van der Waals surface area contributed by atoms with E-state index in [1.165, 1.54) is 4.91 Å². The van der Waals surface area contributed by atoms with Crippen LogP contribution in [0.5, 0.6) is 0 Å². The maximum Gasteiger partial charge on any atom is 0.220 e. The lowest BCUT2D eigenvalue weighted by molar-refractivity contribution is 0.0922. The zero-order valence-electron chi connectivity index (χ0n) is 12.0. The number of hydrogen-bond acceptors (Lipinski definition) is 5. The van der Waals surface area contributed by atoms with Crippen molar-refractivity contribution in [1.29, 1.82) is 0 Å². The number of allylic oxidation sites excluding steroid dienone is 2. The lowest BCUT2D eigenvalue weighted by atomic mass is 10.1. The second kappa shape index (κ2) is 5.77. The molecule has 1 aromatic carbocycles. The molecule has 0 spiro atoms. The third-order valence-corrected chi connectivity index (χ3v) is 4.78. The number of hydrogen-bond donors (Lipinski definition) is 0. The SMILES string of the molecule is CC1=C(C)N(CC(=O)c2cc(-c3ccccc3)no2)CS1. The Morgan fingerprint density at radius 3 is 2.76 bits per heavy atom. The second-order valence-electron chi connectivity index (χ2n) is 4.98. The molecular weight excluding hydrogens is 284 g/mol. The van der Waals surface area contributed by atoms with E-state index in [9.17, 15) is 4.79 Å². The molecule has 0 radical (unpaired) electrons. The minimum atomic E-state index is -0.0423. The van der Waals surface area contributed by atoms with Crippen molar-refractivity contribution < 1.29 is 9.32 Å². The van der Waals surface area contributed by atoms with Crippen LogP contribution in [-0.4, -0.2) is 28.3 Å². The molecule has 21 heavy (non-hydrogen) atoms. The number of Topliss-reactive ketones (excluding diaryl/α,β-unsaturated/α-hetero) is 1. The van der Waals surface area contributed by atoms with Gasteiger partial charge in [0.1, 0.15) is 5.69 Å². The van der Waals surface area contributed by atoms with Gasteiger partial charge in [-0.1, -0.05) is 35.5 Å². The summed E-state index contributed by atoms with van der Waals surface area (Å²) in [6.07, 6.45) is 0. The van der Waals surface area contributed by atoms with Crippen molar-refractivity contribution in [3.63, 3.8) is 0 Å². The molecule has 4 nitrogen and oxygen atoms in total. The third-order valence-electron chi connectivity index (χ3n) is 3.61. The van der Waals surface area contributed by atoms with Gasteiger partial charge in [-0.15, -0.1) is 11.8 Å². The number of benzene rings is 1. The van der Waals surface area contributed by atoms with Crippen LogP contribution in [0.25, 0.3) is 11.3 Å².